The van der Waals surface area contributed by atoms with Gasteiger partial charge in [-0.25, -0.2) is 9.98 Å². The van der Waals surface area contributed by atoms with E-state index >= 15 is 0 Å². The molecule has 0 amide bonds. The maximum Gasteiger partial charge on any atom is 0.00605 e. The Morgan fingerprint density at radius 2 is 1.06 bits per heavy atom. The number of nitrogens with one attached hydrogen (secondary N) is 1. The lowest BCUT2D eigenvalue weighted by atomic mass is 10.5. The van der Waals surface area contributed by atoms with Crippen molar-refractivity contribution in [2.45, 2.75) is 78.0 Å². The van der Waals surface area contributed by atoms with Crippen molar-refractivity contribution in [1.29, 1.82) is 0 Å². The van der Waals surface area contributed by atoms with Crippen LogP contribution in [-0.2, 0) is 0 Å². The molecule has 17 heavy (non-hydrogen) atoms. The third-order valence-electron chi connectivity index (χ3n) is 2.78. The third kappa shape index (κ3) is 5.97. The summed E-state index contributed by atoms with van der Waals surface area (Å²) in [7, 11) is 2.05. The maximum absolute atomic E-state index is 3.81. The summed E-state index contributed by atoms with van der Waals surface area (Å²) < 4.78 is 2.44. The van der Waals surface area contributed by atoms with Gasteiger partial charge in [0.25, 0.3) is 0 Å². The van der Waals surface area contributed by atoms with Crippen molar-refractivity contribution in [3.63, 3.8) is 0 Å². The highest BCUT2D eigenvalue weighted by molar-refractivity contribution is 7.59. The van der Waals surface area contributed by atoms with Gasteiger partial charge in [0.1, 0.15) is 0 Å². The summed E-state index contributed by atoms with van der Waals surface area (Å²) >= 11 is 0. The highest BCUT2D eigenvalue weighted by Crippen LogP contribution is 2.51. The van der Waals surface area contributed by atoms with Crippen molar-refractivity contribution in [2.75, 3.05) is 7.05 Å². The van der Waals surface area contributed by atoms with E-state index in [1.807, 2.05) is 0 Å². The first-order valence-corrected chi connectivity index (χ1v) is 9.66. The molecule has 0 aliphatic carbocycles. The number of hydrogen-bond acceptors (Lipinski definition) is 2. The molecular weight excluding hydrogens is 246 g/mol. The summed E-state index contributed by atoms with van der Waals surface area (Å²) in [6, 6.07) is 0. The SMILES string of the molecule is CC(C)P(NN(C)P(C(C)C)C(C)C)C(C)C. The van der Waals surface area contributed by atoms with Gasteiger partial charge in [0.05, 0.1) is 0 Å². The fourth-order valence-corrected chi connectivity index (χ4v) is 7.62. The van der Waals surface area contributed by atoms with E-state index in [1.54, 1.807) is 0 Å². The number of rotatable bonds is 7. The molecule has 0 unspecified atom stereocenters. The summed E-state index contributed by atoms with van der Waals surface area (Å²) in [5, 5.41) is 3.81. The zero-order valence-electron chi connectivity index (χ0n) is 13.2. The van der Waals surface area contributed by atoms with Gasteiger partial charge in [-0.15, -0.1) is 0 Å². The van der Waals surface area contributed by atoms with Crippen molar-refractivity contribution >= 4 is 16.1 Å². The standard InChI is InChI=1S/C13H32N2P2/c1-10(2)16(11(3)4)14-15(9)17(12(5)6)13(7)8/h10-14H,1-9H3. The third-order valence-corrected chi connectivity index (χ3v) is 8.60. The lowest BCUT2D eigenvalue weighted by Gasteiger charge is -2.39. The monoisotopic (exact) mass is 278 g/mol. The van der Waals surface area contributed by atoms with E-state index in [-0.39, 0.29) is 16.1 Å². The summed E-state index contributed by atoms with van der Waals surface area (Å²) in [4.78, 5) is 0. The first kappa shape index (κ1) is 17.8. The lowest BCUT2D eigenvalue weighted by molar-refractivity contribution is 0.503. The van der Waals surface area contributed by atoms with Gasteiger partial charge in [0.2, 0.25) is 0 Å². The zero-order chi connectivity index (χ0) is 13.7. The predicted molar refractivity (Wildman–Crippen MR) is 85.3 cm³/mol. The van der Waals surface area contributed by atoms with Gasteiger partial charge in [-0.2, -0.15) is 0 Å². The minimum absolute atomic E-state index is 0.0835. The fourth-order valence-electron chi connectivity index (χ4n) is 2.34. The van der Waals surface area contributed by atoms with Gasteiger partial charge in [-0.3, -0.25) is 0 Å². The molecule has 0 radical (unpaired) electrons. The Labute approximate surface area is 112 Å². The van der Waals surface area contributed by atoms with Crippen LogP contribution in [0.1, 0.15) is 55.4 Å². The van der Waals surface area contributed by atoms with E-state index in [2.05, 4.69) is 72.4 Å². The van der Waals surface area contributed by atoms with E-state index in [4.69, 9.17) is 0 Å². The van der Waals surface area contributed by atoms with Crippen molar-refractivity contribution in [3.05, 3.63) is 0 Å². The van der Waals surface area contributed by atoms with Gasteiger partial charge in [-0.1, -0.05) is 55.4 Å². The summed E-state index contributed by atoms with van der Waals surface area (Å²) in [5.41, 5.74) is 2.98. The van der Waals surface area contributed by atoms with E-state index in [1.165, 1.54) is 0 Å². The van der Waals surface area contributed by atoms with E-state index in [0.717, 1.165) is 22.6 Å². The smallest absolute Gasteiger partial charge is 0.00605 e. The predicted octanol–water partition coefficient (Wildman–Crippen LogP) is 4.85. The van der Waals surface area contributed by atoms with Crippen molar-refractivity contribution in [2.24, 2.45) is 0 Å². The molecule has 0 fully saturated rings. The highest BCUT2D eigenvalue weighted by atomic mass is 31.1. The van der Waals surface area contributed by atoms with Crippen molar-refractivity contribution in [1.82, 2.24) is 9.98 Å². The molecule has 0 saturated heterocycles. The Balaban J connectivity index is 4.62. The molecule has 0 rings (SSSR count). The van der Waals surface area contributed by atoms with Crippen LogP contribution in [-0.4, -0.2) is 34.5 Å². The van der Waals surface area contributed by atoms with Crippen LogP contribution in [0.2, 0.25) is 0 Å². The molecule has 1 N–H and O–H groups in total. The van der Waals surface area contributed by atoms with Gasteiger partial charge in [0, 0.05) is 7.05 Å². The second kappa shape index (κ2) is 8.05. The largest absolute Gasteiger partial charge is 0.229 e. The molecule has 0 heterocycles. The molecule has 0 bridgehead atoms. The molecule has 0 aromatic heterocycles. The molecule has 0 saturated carbocycles. The molecule has 0 aromatic rings. The first-order chi connectivity index (χ1) is 7.68. The van der Waals surface area contributed by atoms with E-state index in [0.29, 0.717) is 0 Å². The normalized spacial score (nSPS) is 13.4. The van der Waals surface area contributed by atoms with Crippen LogP contribution in [0, 0.1) is 0 Å². The second-order valence-corrected chi connectivity index (χ2v) is 12.3. The van der Waals surface area contributed by atoms with Crippen LogP contribution in [0.3, 0.4) is 0 Å². The molecule has 0 aromatic carbocycles. The number of nitrogens with zero attached hydrogens (tertiary/aromatic N) is 1. The zero-order valence-corrected chi connectivity index (χ0v) is 14.9. The highest BCUT2D eigenvalue weighted by Gasteiger charge is 2.26. The van der Waals surface area contributed by atoms with Crippen LogP contribution in [0.25, 0.3) is 0 Å². The Bertz CT molecular complexity index is 190. The van der Waals surface area contributed by atoms with Crippen molar-refractivity contribution in [3.8, 4) is 0 Å². The molecule has 0 spiro atoms. The number of hydrogen-bond donors (Lipinski definition) is 1. The Kier molecular flexibility index (Phi) is 8.42. The van der Waals surface area contributed by atoms with Crippen LogP contribution in [0.5, 0.6) is 0 Å². The molecule has 0 aliphatic rings. The lowest BCUT2D eigenvalue weighted by Crippen LogP contribution is -2.34. The van der Waals surface area contributed by atoms with Gasteiger partial charge in [0.15, 0.2) is 0 Å². The Morgan fingerprint density at radius 1 is 0.706 bits per heavy atom. The quantitative estimate of drug-likeness (QED) is 0.529. The Morgan fingerprint density at radius 3 is 1.29 bits per heavy atom. The van der Waals surface area contributed by atoms with Gasteiger partial charge < -0.3 is 0 Å². The van der Waals surface area contributed by atoms with Crippen LogP contribution >= 0.6 is 16.1 Å². The molecule has 104 valence electrons. The average molecular weight is 278 g/mol. The molecule has 2 nitrogen and oxygen atoms in total. The van der Waals surface area contributed by atoms with Crippen molar-refractivity contribution < 1.29 is 0 Å². The van der Waals surface area contributed by atoms with Gasteiger partial charge in [-0.05, 0) is 38.8 Å². The molecule has 0 aliphatic heterocycles. The van der Waals surface area contributed by atoms with Crippen LogP contribution in [0.4, 0.5) is 0 Å². The van der Waals surface area contributed by atoms with E-state index < -0.39 is 0 Å². The summed E-state index contributed by atoms with van der Waals surface area (Å²) in [6.45, 7) is 18.7. The second-order valence-electron chi connectivity index (χ2n) is 5.79. The minimum atomic E-state index is -0.108. The van der Waals surface area contributed by atoms with E-state index in [9.17, 15) is 0 Å². The fraction of sp³-hybridized carbons (Fsp3) is 1.00. The van der Waals surface area contributed by atoms with Gasteiger partial charge >= 0.3 is 0 Å². The molecule has 4 heteroatoms. The number of hydrazine groups is 1. The minimum Gasteiger partial charge on any atom is -0.229 e. The molecule has 0 atom stereocenters. The Hall–Kier alpha value is 0.780. The van der Waals surface area contributed by atoms with Crippen LogP contribution < -0.4 is 5.20 Å². The average Bonchev–Trinajstić information content (AvgIpc) is 2.11. The summed E-state index contributed by atoms with van der Waals surface area (Å²) in [5.74, 6) is 0. The van der Waals surface area contributed by atoms with Crippen LogP contribution in [0.15, 0.2) is 0 Å². The molecular formula is C13H32N2P2. The first-order valence-electron chi connectivity index (χ1n) is 6.75. The maximum atomic E-state index is 3.81. The topological polar surface area (TPSA) is 15.3 Å². The summed E-state index contributed by atoms with van der Waals surface area (Å²) in [6.07, 6.45) is 0.